The molecule has 0 aliphatic carbocycles. The van der Waals surface area contributed by atoms with Crippen LogP contribution >= 0.6 is 23.2 Å². The van der Waals surface area contributed by atoms with E-state index in [0.29, 0.717) is 16.7 Å². The maximum absolute atomic E-state index is 12.1. The van der Waals surface area contributed by atoms with Gasteiger partial charge in [0.25, 0.3) is 5.56 Å². The number of nitriles is 1. The predicted molar refractivity (Wildman–Crippen MR) is 101 cm³/mol. The number of imidazole rings is 1. The highest BCUT2D eigenvalue weighted by Crippen LogP contribution is 2.33. The molecule has 2 N–H and O–H groups in total. The lowest BCUT2D eigenvalue weighted by Crippen LogP contribution is -2.33. The Morgan fingerprint density at radius 3 is 2.54 bits per heavy atom. The van der Waals surface area contributed by atoms with Crippen LogP contribution in [0.5, 0.6) is 5.75 Å². The molecule has 4 rings (SSSR count). The molecule has 138 valence electrons. The van der Waals surface area contributed by atoms with Gasteiger partial charge in [-0.05, 0) is 24.3 Å². The van der Waals surface area contributed by atoms with Gasteiger partial charge in [0.2, 0.25) is 5.69 Å². The standard InChI is InChI=1S/C17H8Cl2N6O3/c18-10-3-8(25-17(28)22-16(27)13(6-20)23-25)4-11(19)15(10)24-7-21-12-5-9(26)1-2-14(12)24/h1-5,7,26H,(H,22,27,28). The monoisotopic (exact) mass is 414 g/mol. The minimum atomic E-state index is -0.884. The zero-order valence-electron chi connectivity index (χ0n) is 13.7. The Labute approximate surface area is 165 Å². The van der Waals surface area contributed by atoms with Crippen molar-refractivity contribution in [3.63, 3.8) is 0 Å². The Bertz CT molecular complexity index is 1390. The summed E-state index contributed by atoms with van der Waals surface area (Å²) in [6, 6.07) is 9.10. The van der Waals surface area contributed by atoms with Gasteiger partial charge in [0.15, 0.2) is 0 Å². The van der Waals surface area contributed by atoms with Crippen molar-refractivity contribution in [2.45, 2.75) is 0 Å². The molecule has 0 fully saturated rings. The number of H-pyrrole nitrogens is 1. The van der Waals surface area contributed by atoms with E-state index >= 15 is 0 Å². The van der Waals surface area contributed by atoms with Crippen molar-refractivity contribution < 1.29 is 5.11 Å². The van der Waals surface area contributed by atoms with Gasteiger partial charge in [0.05, 0.1) is 32.5 Å². The summed E-state index contributed by atoms with van der Waals surface area (Å²) in [4.78, 5) is 29.8. The van der Waals surface area contributed by atoms with Crippen LogP contribution in [0.4, 0.5) is 0 Å². The smallest absolute Gasteiger partial charge is 0.349 e. The van der Waals surface area contributed by atoms with Crippen LogP contribution in [0.15, 0.2) is 46.2 Å². The lowest BCUT2D eigenvalue weighted by Gasteiger charge is -2.12. The summed E-state index contributed by atoms with van der Waals surface area (Å²) in [7, 11) is 0. The highest BCUT2D eigenvalue weighted by Gasteiger charge is 2.16. The molecule has 0 aliphatic heterocycles. The maximum Gasteiger partial charge on any atom is 0.349 e. The topological polar surface area (TPSA) is 130 Å². The third kappa shape index (κ3) is 2.81. The van der Waals surface area contributed by atoms with Crippen molar-refractivity contribution in [1.29, 1.82) is 5.26 Å². The molecule has 0 saturated heterocycles. The molecular formula is C17H8Cl2N6O3. The van der Waals surface area contributed by atoms with Crippen molar-refractivity contribution >= 4 is 34.2 Å². The normalized spacial score (nSPS) is 10.9. The minimum absolute atomic E-state index is 0.0714. The number of fused-ring (bicyclic) bond motifs is 1. The van der Waals surface area contributed by atoms with Crippen molar-refractivity contribution in [3.8, 4) is 23.2 Å². The van der Waals surface area contributed by atoms with Crippen LogP contribution in [-0.4, -0.2) is 29.4 Å². The molecule has 2 aromatic carbocycles. The van der Waals surface area contributed by atoms with Crippen LogP contribution in [0.2, 0.25) is 10.0 Å². The summed E-state index contributed by atoms with van der Waals surface area (Å²) < 4.78 is 2.46. The van der Waals surface area contributed by atoms with Gasteiger partial charge in [-0.1, -0.05) is 23.2 Å². The Morgan fingerprint density at radius 1 is 1.14 bits per heavy atom. The van der Waals surface area contributed by atoms with Crippen LogP contribution in [0, 0.1) is 11.3 Å². The average Bonchev–Trinajstić information content (AvgIpc) is 3.04. The number of halogens is 2. The second-order valence-corrected chi connectivity index (χ2v) is 6.49. The molecule has 9 nitrogen and oxygen atoms in total. The molecule has 0 amide bonds. The van der Waals surface area contributed by atoms with Crippen molar-refractivity contribution in [3.05, 3.63) is 73.2 Å². The molecule has 0 bridgehead atoms. The van der Waals surface area contributed by atoms with Crippen molar-refractivity contribution in [1.82, 2.24) is 24.3 Å². The number of hydrogen-bond donors (Lipinski definition) is 2. The largest absolute Gasteiger partial charge is 0.508 e. The number of aromatic amines is 1. The number of aromatic nitrogens is 5. The quantitative estimate of drug-likeness (QED) is 0.516. The van der Waals surface area contributed by atoms with Crippen LogP contribution < -0.4 is 11.2 Å². The first-order valence-corrected chi connectivity index (χ1v) is 8.44. The fourth-order valence-electron chi connectivity index (χ4n) is 2.73. The van der Waals surface area contributed by atoms with Gasteiger partial charge in [0.1, 0.15) is 18.1 Å². The Hall–Kier alpha value is -3.61. The number of phenols is 1. The number of nitrogens with zero attached hydrogens (tertiary/aromatic N) is 5. The molecule has 0 radical (unpaired) electrons. The van der Waals surface area contributed by atoms with Crippen LogP contribution in [0.25, 0.3) is 22.4 Å². The summed E-state index contributed by atoms with van der Waals surface area (Å²) in [5.74, 6) is 0.0714. The number of hydrogen-bond acceptors (Lipinski definition) is 6. The summed E-state index contributed by atoms with van der Waals surface area (Å²) in [6.07, 6.45) is 1.50. The van der Waals surface area contributed by atoms with E-state index in [-0.39, 0.29) is 21.5 Å². The van der Waals surface area contributed by atoms with Gasteiger partial charge in [0, 0.05) is 6.07 Å². The Balaban J connectivity index is 1.92. The van der Waals surface area contributed by atoms with E-state index in [9.17, 15) is 14.7 Å². The third-order valence-electron chi connectivity index (χ3n) is 3.95. The van der Waals surface area contributed by atoms with Gasteiger partial charge >= 0.3 is 5.69 Å². The zero-order chi connectivity index (χ0) is 20.0. The molecule has 0 spiro atoms. The third-order valence-corrected chi connectivity index (χ3v) is 4.53. The molecule has 0 atom stereocenters. The number of phenolic OH excluding ortho intramolecular Hbond substituents is 1. The second kappa shape index (κ2) is 6.53. The van der Waals surface area contributed by atoms with E-state index < -0.39 is 16.9 Å². The first kappa shape index (κ1) is 17.8. The molecule has 0 unspecified atom stereocenters. The van der Waals surface area contributed by atoms with Crippen LogP contribution in [-0.2, 0) is 0 Å². The minimum Gasteiger partial charge on any atom is -0.508 e. The number of nitrogens with one attached hydrogen (secondary N) is 1. The van der Waals surface area contributed by atoms with E-state index in [1.807, 2.05) is 4.98 Å². The summed E-state index contributed by atoms with van der Waals surface area (Å²) in [6.45, 7) is 0. The zero-order valence-corrected chi connectivity index (χ0v) is 15.2. The maximum atomic E-state index is 12.1. The van der Waals surface area contributed by atoms with Crippen LogP contribution in [0.1, 0.15) is 5.69 Å². The lowest BCUT2D eigenvalue weighted by molar-refractivity contribution is 0.476. The van der Waals surface area contributed by atoms with Gasteiger partial charge in [-0.25, -0.2) is 9.78 Å². The second-order valence-electron chi connectivity index (χ2n) is 5.68. The Kier molecular flexibility index (Phi) is 4.15. The number of aromatic hydroxyl groups is 1. The molecule has 4 aromatic rings. The average molecular weight is 415 g/mol. The van der Waals surface area contributed by atoms with E-state index in [2.05, 4.69) is 10.1 Å². The van der Waals surface area contributed by atoms with Gasteiger partial charge in [-0.15, -0.1) is 5.10 Å². The van der Waals surface area contributed by atoms with Gasteiger partial charge in [-0.2, -0.15) is 9.94 Å². The van der Waals surface area contributed by atoms with Gasteiger partial charge in [-0.3, -0.25) is 14.3 Å². The molecule has 2 aromatic heterocycles. The highest BCUT2D eigenvalue weighted by atomic mass is 35.5. The lowest BCUT2D eigenvalue weighted by atomic mass is 10.2. The first-order valence-electron chi connectivity index (χ1n) is 7.68. The highest BCUT2D eigenvalue weighted by molar-refractivity contribution is 6.38. The summed E-state index contributed by atoms with van der Waals surface area (Å²) >= 11 is 12.8. The fraction of sp³-hybridized carbons (Fsp3) is 0. The SMILES string of the molecule is N#Cc1nn(-c2cc(Cl)c(-n3cnc4cc(O)ccc43)c(Cl)c2)c(=O)[nH]c1=O. The molecule has 11 heteroatoms. The van der Waals surface area contributed by atoms with E-state index in [1.54, 1.807) is 16.7 Å². The molecule has 28 heavy (non-hydrogen) atoms. The van der Waals surface area contributed by atoms with Crippen molar-refractivity contribution in [2.75, 3.05) is 0 Å². The van der Waals surface area contributed by atoms with E-state index in [4.69, 9.17) is 28.5 Å². The molecule has 2 heterocycles. The van der Waals surface area contributed by atoms with Crippen LogP contribution in [0.3, 0.4) is 0 Å². The van der Waals surface area contributed by atoms with Crippen molar-refractivity contribution in [2.24, 2.45) is 0 Å². The predicted octanol–water partition coefficient (Wildman–Crippen LogP) is 2.14. The summed E-state index contributed by atoms with van der Waals surface area (Å²) in [5, 5.41) is 22.6. The Morgan fingerprint density at radius 2 is 1.86 bits per heavy atom. The molecule has 0 aliphatic rings. The number of benzene rings is 2. The van der Waals surface area contributed by atoms with E-state index in [1.165, 1.54) is 30.6 Å². The van der Waals surface area contributed by atoms with E-state index in [0.717, 1.165) is 4.68 Å². The molecular weight excluding hydrogens is 407 g/mol. The first-order chi connectivity index (χ1) is 13.4. The fourth-order valence-corrected chi connectivity index (χ4v) is 3.39. The van der Waals surface area contributed by atoms with Gasteiger partial charge < -0.3 is 5.11 Å². The molecule has 0 saturated carbocycles. The number of rotatable bonds is 2. The summed E-state index contributed by atoms with van der Waals surface area (Å²) in [5.41, 5.74) is -0.444.